The second kappa shape index (κ2) is 3.41. The lowest BCUT2D eigenvalue weighted by molar-refractivity contribution is -0.131. The molecule has 1 N–H and O–H groups in total. The zero-order valence-corrected chi connectivity index (χ0v) is 9.50. The number of aliphatic carboxylic acids is 1. The van der Waals surface area contributed by atoms with Crippen LogP contribution in [0.2, 0.25) is 0 Å². The standard InChI is InChI=1S/C12H20O2/c1-9-5-7-12(4,11(9,2)3)8-6-10(13)14/h6,8-9H,5,7H2,1-4H3,(H,13,14)/b8-6-. The maximum atomic E-state index is 10.5. The molecule has 0 aliphatic heterocycles. The molecular formula is C12H20O2. The number of carboxylic acids is 1. The van der Waals surface area contributed by atoms with Crippen LogP contribution < -0.4 is 0 Å². The summed E-state index contributed by atoms with van der Waals surface area (Å²) in [5, 5.41) is 8.64. The first-order valence-corrected chi connectivity index (χ1v) is 5.22. The quantitative estimate of drug-likeness (QED) is 0.689. The van der Waals surface area contributed by atoms with Crippen molar-refractivity contribution >= 4 is 5.97 Å². The van der Waals surface area contributed by atoms with Crippen LogP contribution in [0.3, 0.4) is 0 Å². The van der Waals surface area contributed by atoms with E-state index in [0.29, 0.717) is 5.92 Å². The zero-order chi connectivity index (χ0) is 11.0. The first-order chi connectivity index (χ1) is 6.29. The van der Waals surface area contributed by atoms with Crippen LogP contribution in [-0.4, -0.2) is 11.1 Å². The summed E-state index contributed by atoms with van der Waals surface area (Å²) < 4.78 is 0. The van der Waals surface area contributed by atoms with Crippen LogP contribution in [0.1, 0.15) is 40.5 Å². The van der Waals surface area contributed by atoms with Crippen LogP contribution in [0, 0.1) is 16.7 Å². The van der Waals surface area contributed by atoms with Gasteiger partial charge in [-0.15, -0.1) is 0 Å². The molecule has 1 rings (SSSR count). The summed E-state index contributed by atoms with van der Waals surface area (Å²) in [5.41, 5.74) is 0.226. The maximum absolute atomic E-state index is 10.5. The highest BCUT2D eigenvalue weighted by Gasteiger charge is 2.47. The van der Waals surface area contributed by atoms with Gasteiger partial charge in [0, 0.05) is 6.08 Å². The topological polar surface area (TPSA) is 37.3 Å². The maximum Gasteiger partial charge on any atom is 0.327 e. The number of carbonyl (C=O) groups is 1. The van der Waals surface area contributed by atoms with Crippen molar-refractivity contribution in [3.8, 4) is 0 Å². The number of rotatable bonds is 2. The summed E-state index contributed by atoms with van der Waals surface area (Å²) in [6, 6.07) is 0. The van der Waals surface area contributed by atoms with Crippen LogP contribution in [-0.2, 0) is 4.79 Å². The van der Waals surface area contributed by atoms with Gasteiger partial charge in [0.05, 0.1) is 0 Å². The molecule has 80 valence electrons. The van der Waals surface area contributed by atoms with Gasteiger partial charge in [0.15, 0.2) is 0 Å². The Morgan fingerprint density at radius 3 is 2.36 bits per heavy atom. The molecule has 0 aromatic carbocycles. The van der Waals surface area contributed by atoms with Crippen molar-refractivity contribution in [3.63, 3.8) is 0 Å². The van der Waals surface area contributed by atoms with E-state index in [1.807, 2.05) is 6.08 Å². The predicted octanol–water partition coefficient (Wildman–Crippen LogP) is 3.09. The van der Waals surface area contributed by atoms with E-state index in [0.717, 1.165) is 6.42 Å². The Labute approximate surface area is 86.0 Å². The normalized spacial score (nSPS) is 36.4. The first-order valence-electron chi connectivity index (χ1n) is 5.22. The van der Waals surface area contributed by atoms with Gasteiger partial charge in [0.25, 0.3) is 0 Å². The van der Waals surface area contributed by atoms with Crippen LogP contribution >= 0.6 is 0 Å². The first kappa shape index (κ1) is 11.3. The van der Waals surface area contributed by atoms with Gasteiger partial charge in [0.1, 0.15) is 0 Å². The van der Waals surface area contributed by atoms with E-state index in [2.05, 4.69) is 27.7 Å². The summed E-state index contributed by atoms with van der Waals surface area (Å²) >= 11 is 0. The second-order valence-corrected chi connectivity index (χ2v) is 5.25. The Morgan fingerprint density at radius 1 is 1.43 bits per heavy atom. The third-order valence-electron chi connectivity index (χ3n) is 4.39. The zero-order valence-electron chi connectivity index (χ0n) is 9.50. The Balaban J connectivity index is 2.90. The van der Waals surface area contributed by atoms with E-state index in [-0.39, 0.29) is 10.8 Å². The molecule has 0 bridgehead atoms. The number of carboxylic acid groups (broad SMARTS) is 1. The van der Waals surface area contributed by atoms with E-state index in [1.54, 1.807) is 0 Å². The lowest BCUT2D eigenvalue weighted by Gasteiger charge is -2.38. The molecule has 2 nitrogen and oxygen atoms in total. The van der Waals surface area contributed by atoms with Crippen molar-refractivity contribution in [1.82, 2.24) is 0 Å². The fourth-order valence-electron chi connectivity index (χ4n) is 2.32. The SMILES string of the molecule is CC1CCC(C)(/C=C\C(=O)O)C1(C)C. The highest BCUT2D eigenvalue weighted by atomic mass is 16.4. The molecule has 0 radical (unpaired) electrons. The van der Waals surface area contributed by atoms with Crippen molar-refractivity contribution < 1.29 is 9.90 Å². The molecule has 1 fully saturated rings. The van der Waals surface area contributed by atoms with Gasteiger partial charge >= 0.3 is 5.97 Å². The molecule has 1 saturated carbocycles. The lowest BCUT2D eigenvalue weighted by Crippen LogP contribution is -2.31. The minimum absolute atomic E-state index is 0.0325. The largest absolute Gasteiger partial charge is 0.478 e. The molecule has 2 atom stereocenters. The minimum Gasteiger partial charge on any atom is -0.478 e. The molecule has 1 aliphatic rings. The van der Waals surface area contributed by atoms with Crippen LogP contribution in [0.15, 0.2) is 12.2 Å². The van der Waals surface area contributed by atoms with E-state index in [9.17, 15) is 4.79 Å². The Hall–Kier alpha value is -0.790. The highest BCUT2D eigenvalue weighted by Crippen LogP contribution is 2.56. The lowest BCUT2D eigenvalue weighted by atomic mass is 9.66. The Bertz CT molecular complexity index is 265. The van der Waals surface area contributed by atoms with Crippen molar-refractivity contribution in [2.45, 2.75) is 40.5 Å². The molecule has 0 spiro atoms. The number of allylic oxidation sites excluding steroid dienone is 1. The highest BCUT2D eigenvalue weighted by molar-refractivity contribution is 5.79. The van der Waals surface area contributed by atoms with Crippen molar-refractivity contribution in [2.24, 2.45) is 16.7 Å². The minimum atomic E-state index is -0.846. The van der Waals surface area contributed by atoms with E-state index in [4.69, 9.17) is 5.11 Å². The summed E-state index contributed by atoms with van der Waals surface area (Å²) in [6.07, 6.45) is 5.44. The fourth-order valence-corrected chi connectivity index (χ4v) is 2.32. The summed E-state index contributed by atoms with van der Waals surface area (Å²) in [7, 11) is 0. The van der Waals surface area contributed by atoms with Gasteiger partial charge in [0.2, 0.25) is 0 Å². The van der Waals surface area contributed by atoms with Crippen LogP contribution in [0.25, 0.3) is 0 Å². The van der Waals surface area contributed by atoms with Crippen molar-refractivity contribution in [1.29, 1.82) is 0 Å². The van der Waals surface area contributed by atoms with Gasteiger partial charge in [-0.1, -0.05) is 33.8 Å². The molecule has 0 amide bonds. The molecule has 2 unspecified atom stereocenters. The smallest absolute Gasteiger partial charge is 0.327 e. The number of hydrogen-bond acceptors (Lipinski definition) is 1. The average molecular weight is 196 g/mol. The number of hydrogen-bond donors (Lipinski definition) is 1. The molecule has 0 aromatic heterocycles. The van der Waals surface area contributed by atoms with Gasteiger partial charge in [-0.25, -0.2) is 4.79 Å². The Kier molecular flexibility index (Phi) is 2.75. The Morgan fingerprint density at radius 2 is 2.00 bits per heavy atom. The second-order valence-electron chi connectivity index (χ2n) is 5.25. The third kappa shape index (κ3) is 1.70. The molecule has 1 aliphatic carbocycles. The average Bonchev–Trinajstić information content (AvgIpc) is 2.27. The van der Waals surface area contributed by atoms with Crippen LogP contribution in [0.5, 0.6) is 0 Å². The van der Waals surface area contributed by atoms with Gasteiger partial charge in [-0.05, 0) is 29.6 Å². The summed E-state index contributed by atoms with van der Waals surface area (Å²) in [6.45, 7) is 8.88. The summed E-state index contributed by atoms with van der Waals surface area (Å²) in [5.74, 6) is -0.187. The van der Waals surface area contributed by atoms with Gasteiger partial charge in [-0.3, -0.25) is 0 Å². The van der Waals surface area contributed by atoms with Crippen molar-refractivity contribution in [3.05, 3.63) is 12.2 Å². The molecular weight excluding hydrogens is 176 g/mol. The van der Waals surface area contributed by atoms with Crippen LogP contribution in [0.4, 0.5) is 0 Å². The monoisotopic (exact) mass is 196 g/mol. The van der Waals surface area contributed by atoms with E-state index < -0.39 is 5.97 Å². The van der Waals surface area contributed by atoms with Gasteiger partial charge < -0.3 is 5.11 Å². The molecule has 0 aromatic rings. The summed E-state index contributed by atoms with van der Waals surface area (Å²) in [4.78, 5) is 10.5. The fraction of sp³-hybridized carbons (Fsp3) is 0.750. The molecule has 2 heteroatoms. The molecule has 14 heavy (non-hydrogen) atoms. The van der Waals surface area contributed by atoms with E-state index >= 15 is 0 Å². The predicted molar refractivity (Wildman–Crippen MR) is 57.1 cm³/mol. The van der Waals surface area contributed by atoms with E-state index in [1.165, 1.54) is 12.5 Å². The molecule has 0 heterocycles. The molecule has 0 saturated heterocycles. The van der Waals surface area contributed by atoms with Gasteiger partial charge in [-0.2, -0.15) is 0 Å². The third-order valence-corrected chi connectivity index (χ3v) is 4.39. The van der Waals surface area contributed by atoms with Crippen molar-refractivity contribution in [2.75, 3.05) is 0 Å².